The van der Waals surface area contributed by atoms with Gasteiger partial charge in [-0.25, -0.2) is 14.4 Å². The number of nitrogens with zero attached hydrogens (tertiary/aromatic N) is 3. The second kappa shape index (κ2) is 12.3. The second-order valence-corrected chi connectivity index (χ2v) is 8.69. The first kappa shape index (κ1) is 23.8. The van der Waals surface area contributed by atoms with Gasteiger partial charge >= 0.3 is 5.97 Å². The van der Waals surface area contributed by atoms with Crippen LogP contribution in [0, 0.1) is 23.1 Å². The van der Waals surface area contributed by atoms with Crippen molar-refractivity contribution in [2.75, 3.05) is 0 Å². The molecule has 32 heavy (non-hydrogen) atoms. The SMILES string of the molecule is CCCCCCCCc1cnc(C2CCC(C(=O)Oc3ccc(C#N)c(F)c3)CC2)nc1. The van der Waals surface area contributed by atoms with E-state index in [0.717, 1.165) is 31.2 Å². The average Bonchev–Trinajstić information content (AvgIpc) is 2.82. The van der Waals surface area contributed by atoms with E-state index in [4.69, 9.17) is 10.00 Å². The van der Waals surface area contributed by atoms with Crippen molar-refractivity contribution in [3.05, 3.63) is 53.4 Å². The van der Waals surface area contributed by atoms with E-state index in [1.165, 1.54) is 56.2 Å². The number of carbonyl (C=O) groups excluding carboxylic acids is 1. The molecule has 0 aliphatic heterocycles. The molecule has 3 rings (SSSR count). The van der Waals surface area contributed by atoms with Crippen molar-refractivity contribution in [1.82, 2.24) is 9.97 Å². The number of halogens is 1. The summed E-state index contributed by atoms with van der Waals surface area (Å²) in [7, 11) is 0. The zero-order chi connectivity index (χ0) is 22.8. The smallest absolute Gasteiger partial charge is 0.314 e. The third-order valence-electron chi connectivity index (χ3n) is 6.25. The molecule has 6 heteroatoms. The fraction of sp³-hybridized carbons (Fsp3) is 0.538. The van der Waals surface area contributed by atoms with Gasteiger partial charge in [0.05, 0.1) is 11.5 Å². The van der Waals surface area contributed by atoms with Gasteiger partial charge in [0.15, 0.2) is 0 Å². The number of rotatable bonds is 10. The van der Waals surface area contributed by atoms with Crippen LogP contribution in [0.15, 0.2) is 30.6 Å². The van der Waals surface area contributed by atoms with Gasteiger partial charge in [-0.2, -0.15) is 5.26 Å². The average molecular weight is 438 g/mol. The summed E-state index contributed by atoms with van der Waals surface area (Å²) in [6, 6.07) is 5.61. The number of carbonyl (C=O) groups is 1. The van der Waals surface area contributed by atoms with Crippen molar-refractivity contribution in [3.8, 4) is 11.8 Å². The maximum absolute atomic E-state index is 13.7. The van der Waals surface area contributed by atoms with Crippen molar-refractivity contribution in [3.63, 3.8) is 0 Å². The van der Waals surface area contributed by atoms with E-state index in [1.54, 1.807) is 6.07 Å². The first-order valence-electron chi connectivity index (χ1n) is 11.8. The van der Waals surface area contributed by atoms with Gasteiger partial charge in [0, 0.05) is 24.4 Å². The summed E-state index contributed by atoms with van der Waals surface area (Å²) in [6.45, 7) is 2.23. The number of unbranched alkanes of at least 4 members (excludes halogenated alkanes) is 5. The summed E-state index contributed by atoms with van der Waals surface area (Å²) in [6.07, 6.45) is 15.7. The van der Waals surface area contributed by atoms with Crippen molar-refractivity contribution < 1.29 is 13.9 Å². The standard InChI is InChI=1S/C26H32FN3O2/c1-2-3-4-5-6-7-8-19-17-29-25(30-18-19)20-9-11-21(12-10-20)26(31)32-23-14-13-22(16-28)24(27)15-23/h13-15,17-18,20-21H,2-12H2,1H3. The molecule has 1 fully saturated rings. The molecule has 5 nitrogen and oxygen atoms in total. The van der Waals surface area contributed by atoms with E-state index in [9.17, 15) is 9.18 Å². The minimum absolute atomic E-state index is 0.0664. The van der Waals surface area contributed by atoms with Crippen molar-refractivity contribution in [2.45, 2.75) is 83.5 Å². The number of aryl methyl sites for hydroxylation is 1. The number of ether oxygens (including phenoxy) is 1. The molecule has 0 unspecified atom stereocenters. The molecule has 1 heterocycles. The van der Waals surface area contributed by atoms with E-state index >= 15 is 0 Å². The Morgan fingerprint density at radius 1 is 1.09 bits per heavy atom. The van der Waals surface area contributed by atoms with Crippen molar-refractivity contribution >= 4 is 5.97 Å². The highest BCUT2D eigenvalue weighted by Crippen LogP contribution is 2.35. The van der Waals surface area contributed by atoms with E-state index in [-0.39, 0.29) is 29.1 Å². The van der Waals surface area contributed by atoms with Crippen LogP contribution in [-0.2, 0) is 11.2 Å². The van der Waals surface area contributed by atoms with Crippen LogP contribution in [0.5, 0.6) is 5.75 Å². The summed E-state index contributed by atoms with van der Waals surface area (Å²) >= 11 is 0. The first-order valence-corrected chi connectivity index (χ1v) is 11.8. The second-order valence-electron chi connectivity index (χ2n) is 8.69. The normalized spacial score (nSPS) is 18.2. The van der Waals surface area contributed by atoms with Gasteiger partial charge < -0.3 is 4.74 Å². The molecule has 1 saturated carbocycles. The Hall–Kier alpha value is -2.81. The third kappa shape index (κ3) is 6.85. The van der Waals surface area contributed by atoms with E-state index in [1.807, 2.05) is 12.4 Å². The molecule has 1 aliphatic rings. The first-order chi connectivity index (χ1) is 15.6. The van der Waals surface area contributed by atoms with Crippen LogP contribution in [0.4, 0.5) is 4.39 Å². The molecule has 0 N–H and O–H groups in total. The van der Waals surface area contributed by atoms with E-state index in [0.29, 0.717) is 12.8 Å². The lowest BCUT2D eigenvalue weighted by Crippen LogP contribution is -2.25. The number of aromatic nitrogens is 2. The zero-order valence-electron chi connectivity index (χ0n) is 18.9. The maximum atomic E-state index is 13.7. The number of hydrogen-bond acceptors (Lipinski definition) is 5. The lowest BCUT2D eigenvalue weighted by molar-refractivity contribution is -0.140. The van der Waals surface area contributed by atoms with E-state index < -0.39 is 5.82 Å². The highest BCUT2D eigenvalue weighted by atomic mass is 19.1. The van der Waals surface area contributed by atoms with Crippen LogP contribution in [0.25, 0.3) is 0 Å². The summed E-state index contributed by atoms with van der Waals surface area (Å²) in [5.41, 5.74) is 1.12. The molecule has 170 valence electrons. The monoisotopic (exact) mass is 437 g/mol. The molecular weight excluding hydrogens is 405 g/mol. The lowest BCUT2D eigenvalue weighted by Gasteiger charge is -2.26. The summed E-state index contributed by atoms with van der Waals surface area (Å²) in [5.74, 6) is 0.0170. The number of hydrogen-bond donors (Lipinski definition) is 0. The molecular formula is C26H32FN3O2. The number of nitriles is 1. The minimum Gasteiger partial charge on any atom is -0.426 e. The minimum atomic E-state index is -0.682. The van der Waals surface area contributed by atoms with Gasteiger partial charge in [-0.15, -0.1) is 0 Å². The fourth-order valence-electron chi connectivity index (χ4n) is 4.25. The summed E-state index contributed by atoms with van der Waals surface area (Å²) in [5, 5.41) is 8.80. The lowest BCUT2D eigenvalue weighted by atomic mass is 9.81. The topological polar surface area (TPSA) is 75.9 Å². The molecule has 2 aromatic rings. The summed E-state index contributed by atoms with van der Waals surface area (Å²) < 4.78 is 19.1. The van der Waals surface area contributed by atoms with Crippen LogP contribution in [0.2, 0.25) is 0 Å². The largest absolute Gasteiger partial charge is 0.426 e. The van der Waals surface area contributed by atoms with Crippen LogP contribution in [0.3, 0.4) is 0 Å². The van der Waals surface area contributed by atoms with Gasteiger partial charge in [-0.05, 0) is 56.2 Å². The van der Waals surface area contributed by atoms with Gasteiger partial charge in [0.1, 0.15) is 23.5 Å². The molecule has 0 spiro atoms. The molecule has 0 saturated heterocycles. The molecule has 1 aromatic carbocycles. The van der Waals surface area contributed by atoms with E-state index in [2.05, 4.69) is 16.9 Å². The van der Waals surface area contributed by atoms with Gasteiger partial charge in [-0.3, -0.25) is 4.79 Å². The molecule has 0 atom stereocenters. The van der Waals surface area contributed by atoms with Gasteiger partial charge in [0.25, 0.3) is 0 Å². The third-order valence-corrected chi connectivity index (χ3v) is 6.25. The Kier molecular flexibility index (Phi) is 9.15. The predicted molar refractivity (Wildman–Crippen MR) is 121 cm³/mol. The predicted octanol–water partition coefficient (Wildman–Crippen LogP) is 6.27. The number of benzene rings is 1. The quantitative estimate of drug-likeness (QED) is 0.249. The summed E-state index contributed by atoms with van der Waals surface area (Å²) in [4.78, 5) is 21.7. The zero-order valence-corrected chi connectivity index (χ0v) is 18.9. The van der Waals surface area contributed by atoms with Crippen LogP contribution in [-0.4, -0.2) is 15.9 Å². The molecule has 0 bridgehead atoms. The van der Waals surface area contributed by atoms with Gasteiger partial charge in [-0.1, -0.05) is 39.0 Å². The van der Waals surface area contributed by atoms with Gasteiger partial charge in [0.2, 0.25) is 0 Å². The van der Waals surface area contributed by atoms with Crippen molar-refractivity contribution in [1.29, 1.82) is 5.26 Å². The number of esters is 1. The Morgan fingerprint density at radius 2 is 1.78 bits per heavy atom. The Bertz CT molecular complexity index is 916. The Labute approximate surface area is 190 Å². The van der Waals surface area contributed by atoms with Crippen molar-refractivity contribution in [2.24, 2.45) is 5.92 Å². The highest BCUT2D eigenvalue weighted by molar-refractivity contribution is 5.75. The molecule has 1 aliphatic carbocycles. The molecule has 0 amide bonds. The van der Waals surface area contributed by atoms with Crippen LogP contribution in [0.1, 0.15) is 94.0 Å². The fourth-order valence-corrected chi connectivity index (χ4v) is 4.25. The maximum Gasteiger partial charge on any atom is 0.314 e. The molecule has 0 radical (unpaired) electrons. The molecule has 1 aromatic heterocycles. The van der Waals surface area contributed by atoms with Crippen LogP contribution < -0.4 is 4.74 Å². The van der Waals surface area contributed by atoms with Crippen LogP contribution >= 0.6 is 0 Å². The Morgan fingerprint density at radius 3 is 2.44 bits per heavy atom. The Balaban J connectivity index is 1.42. The highest BCUT2D eigenvalue weighted by Gasteiger charge is 2.29.